The average Bonchev–Trinajstić information content (AvgIpc) is 3.10. The summed E-state index contributed by atoms with van der Waals surface area (Å²) >= 11 is 0. The first-order valence-corrected chi connectivity index (χ1v) is 6.19. The summed E-state index contributed by atoms with van der Waals surface area (Å²) < 4.78 is 6.91. The lowest BCUT2D eigenvalue weighted by atomic mass is 10.2. The van der Waals surface area contributed by atoms with Gasteiger partial charge in [0.25, 0.3) is 5.69 Å². The zero-order chi connectivity index (χ0) is 14.8. The average molecular weight is 285 g/mol. The molecular formula is C13H11N5O3. The van der Waals surface area contributed by atoms with Crippen LogP contribution in [0.3, 0.4) is 0 Å². The van der Waals surface area contributed by atoms with Gasteiger partial charge in [0.05, 0.1) is 4.92 Å². The summed E-state index contributed by atoms with van der Waals surface area (Å²) in [5, 5.41) is 18.6. The van der Waals surface area contributed by atoms with Crippen LogP contribution >= 0.6 is 0 Å². The molecule has 0 saturated carbocycles. The number of benzene rings is 1. The molecule has 21 heavy (non-hydrogen) atoms. The Bertz CT molecular complexity index is 775. The van der Waals surface area contributed by atoms with Crippen molar-refractivity contribution in [2.24, 2.45) is 0 Å². The topological polar surface area (TPSA) is 99.9 Å². The van der Waals surface area contributed by atoms with Crippen LogP contribution in [0.5, 0.6) is 0 Å². The van der Waals surface area contributed by atoms with Gasteiger partial charge < -0.3 is 4.52 Å². The van der Waals surface area contributed by atoms with Gasteiger partial charge in [-0.05, 0) is 25.1 Å². The zero-order valence-corrected chi connectivity index (χ0v) is 11.1. The van der Waals surface area contributed by atoms with E-state index in [9.17, 15) is 10.1 Å². The van der Waals surface area contributed by atoms with Crippen LogP contribution in [0.15, 0.2) is 41.1 Å². The number of nitrogens with zero attached hydrogens (tertiary/aromatic N) is 5. The van der Waals surface area contributed by atoms with Crippen LogP contribution in [0.4, 0.5) is 5.69 Å². The third-order valence-corrected chi connectivity index (χ3v) is 3.02. The smallest absolute Gasteiger partial charge is 0.269 e. The Kier molecular flexibility index (Phi) is 3.19. The third-order valence-electron chi connectivity index (χ3n) is 3.02. The predicted molar refractivity (Wildman–Crippen MR) is 72.5 cm³/mol. The number of non-ortho nitro benzene ring substituents is 1. The van der Waals surface area contributed by atoms with Crippen molar-refractivity contribution in [1.29, 1.82) is 0 Å². The van der Waals surface area contributed by atoms with E-state index >= 15 is 0 Å². The number of rotatable bonds is 4. The first-order valence-electron chi connectivity index (χ1n) is 6.19. The van der Waals surface area contributed by atoms with Crippen LogP contribution in [-0.4, -0.2) is 24.8 Å². The summed E-state index contributed by atoms with van der Waals surface area (Å²) in [5.41, 5.74) is 1.67. The second-order valence-corrected chi connectivity index (χ2v) is 4.45. The van der Waals surface area contributed by atoms with E-state index in [1.165, 1.54) is 12.1 Å². The molecule has 106 valence electrons. The second kappa shape index (κ2) is 5.16. The molecule has 0 aliphatic carbocycles. The van der Waals surface area contributed by atoms with E-state index < -0.39 is 4.92 Å². The van der Waals surface area contributed by atoms with Crippen molar-refractivity contribution < 1.29 is 9.45 Å². The summed E-state index contributed by atoms with van der Waals surface area (Å²) in [7, 11) is 0. The second-order valence-electron chi connectivity index (χ2n) is 4.45. The first-order chi connectivity index (χ1) is 10.1. The normalized spacial score (nSPS) is 10.7. The minimum atomic E-state index is -0.452. The Labute approximate surface area is 119 Å². The molecule has 0 N–H and O–H groups in total. The Hall–Kier alpha value is -3.03. The number of aryl methyl sites for hydroxylation is 1. The number of hydrogen-bond acceptors (Lipinski definition) is 6. The molecule has 0 spiro atoms. The van der Waals surface area contributed by atoms with E-state index in [4.69, 9.17) is 4.52 Å². The maximum absolute atomic E-state index is 10.6. The predicted octanol–water partition coefficient (Wildman–Crippen LogP) is 2.20. The van der Waals surface area contributed by atoms with E-state index in [0.29, 0.717) is 23.8 Å². The van der Waals surface area contributed by atoms with Gasteiger partial charge >= 0.3 is 0 Å². The molecule has 3 aromatic rings. The lowest BCUT2D eigenvalue weighted by Crippen LogP contribution is -2.03. The number of hydrogen-bond donors (Lipinski definition) is 0. The van der Waals surface area contributed by atoms with E-state index in [0.717, 1.165) is 5.69 Å². The quantitative estimate of drug-likeness (QED) is 0.538. The summed E-state index contributed by atoms with van der Waals surface area (Å²) in [6.45, 7) is 2.32. The van der Waals surface area contributed by atoms with Gasteiger partial charge in [0.15, 0.2) is 0 Å². The molecule has 3 rings (SSSR count). The SMILES string of the molecule is Cc1ccnn1Cc1nc(-c2ccc([N+](=O)[O-])cc2)no1. The molecule has 0 atom stereocenters. The van der Waals surface area contributed by atoms with Crippen LogP contribution in [0.2, 0.25) is 0 Å². The van der Waals surface area contributed by atoms with Crippen LogP contribution < -0.4 is 0 Å². The minimum Gasteiger partial charge on any atom is -0.337 e. The van der Waals surface area contributed by atoms with Crippen LogP contribution in [0, 0.1) is 17.0 Å². The van der Waals surface area contributed by atoms with Crippen molar-refractivity contribution in [3.05, 3.63) is 58.2 Å². The van der Waals surface area contributed by atoms with Gasteiger partial charge in [-0.2, -0.15) is 10.1 Å². The molecule has 2 aromatic heterocycles. The first kappa shape index (κ1) is 13.0. The number of aromatic nitrogens is 4. The Morgan fingerprint density at radius 2 is 2.05 bits per heavy atom. The highest BCUT2D eigenvalue weighted by molar-refractivity contribution is 5.56. The Balaban J connectivity index is 1.81. The van der Waals surface area contributed by atoms with Crippen molar-refractivity contribution >= 4 is 5.69 Å². The highest BCUT2D eigenvalue weighted by Crippen LogP contribution is 2.20. The molecule has 8 heteroatoms. The molecule has 0 unspecified atom stereocenters. The van der Waals surface area contributed by atoms with Gasteiger partial charge in [-0.15, -0.1) is 0 Å². The highest BCUT2D eigenvalue weighted by atomic mass is 16.6. The lowest BCUT2D eigenvalue weighted by molar-refractivity contribution is -0.384. The van der Waals surface area contributed by atoms with Gasteiger partial charge in [-0.25, -0.2) is 0 Å². The lowest BCUT2D eigenvalue weighted by Gasteiger charge is -1.98. The largest absolute Gasteiger partial charge is 0.337 e. The van der Waals surface area contributed by atoms with Gasteiger partial charge in [0.1, 0.15) is 6.54 Å². The molecule has 8 nitrogen and oxygen atoms in total. The van der Waals surface area contributed by atoms with Crippen molar-refractivity contribution in [2.75, 3.05) is 0 Å². The Morgan fingerprint density at radius 1 is 1.29 bits per heavy atom. The summed E-state index contributed by atoms with van der Waals surface area (Å²) in [5.74, 6) is 0.819. The number of nitro groups is 1. The zero-order valence-electron chi connectivity index (χ0n) is 11.1. The molecule has 0 bridgehead atoms. The van der Waals surface area contributed by atoms with Crippen LogP contribution in [0.1, 0.15) is 11.6 Å². The summed E-state index contributed by atoms with van der Waals surface area (Å²) in [4.78, 5) is 14.4. The Morgan fingerprint density at radius 3 is 2.67 bits per heavy atom. The molecule has 0 saturated heterocycles. The van der Waals surface area contributed by atoms with Crippen LogP contribution in [0.25, 0.3) is 11.4 Å². The molecule has 0 aliphatic heterocycles. The maximum Gasteiger partial charge on any atom is 0.269 e. The molecule has 0 fully saturated rings. The fraction of sp³-hybridized carbons (Fsp3) is 0.154. The fourth-order valence-corrected chi connectivity index (χ4v) is 1.86. The summed E-state index contributed by atoms with van der Waals surface area (Å²) in [6.07, 6.45) is 1.70. The van der Waals surface area contributed by atoms with Gasteiger partial charge in [0.2, 0.25) is 11.7 Å². The van der Waals surface area contributed by atoms with E-state index in [1.807, 2.05) is 13.0 Å². The third kappa shape index (κ3) is 2.64. The monoisotopic (exact) mass is 285 g/mol. The van der Waals surface area contributed by atoms with Crippen molar-refractivity contribution in [3.63, 3.8) is 0 Å². The molecule has 0 aliphatic rings. The molecule has 1 aromatic carbocycles. The fourth-order valence-electron chi connectivity index (χ4n) is 1.86. The molecule has 2 heterocycles. The van der Waals surface area contributed by atoms with E-state index in [2.05, 4.69) is 15.2 Å². The minimum absolute atomic E-state index is 0.0228. The molecule has 0 amide bonds. The maximum atomic E-state index is 10.6. The van der Waals surface area contributed by atoms with Crippen molar-refractivity contribution in [3.8, 4) is 11.4 Å². The molecule has 0 radical (unpaired) electrons. The van der Waals surface area contributed by atoms with Gasteiger partial charge in [-0.3, -0.25) is 14.8 Å². The number of nitro benzene ring substituents is 1. The highest BCUT2D eigenvalue weighted by Gasteiger charge is 2.12. The van der Waals surface area contributed by atoms with Crippen molar-refractivity contribution in [1.82, 2.24) is 19.9 Å². The molecular weight excluding hydrogens is 274 g/mol. The van der Waals surface area contributed by atoms with Crippen molar-refractivity contribution in [2.45, 2.75) is 13.5 Å². The van der Waals surface area contributed by atoms with Gasteiger partial charge in [0, 0.05) is 29.6 Å². The summed E-state index contributed by atoms with van der Waals surface area (Å²) in [6, 6.07) is 7.87. The van der Waals surface area contributed by atoms with Gasteiger partial charge in [-0.1, -0.05) is 5.16 Å². The van der Waals surface area contributed by atoms with E-state index in [-0.39, 0.29) is 5.69 Å². The standard InChI is InChI=1S/C13H11N5O3/c1-9-6-7-14-17(9)8-12-15-13(16-21-12)10-2-4-11(5-3-10)18(19)20/h2-7H,8H2,1H3. The van der Waals surface area contributed by atoms with E-state index in [1.54, 1.807) is 23.0 Å². The van der Waals surface area contributed by atoms with Crippen LogP contribution in [-0.2, 0) is 6.54 Å².